The topological polar surface area (TPSA) is 55.7 Å². The number of carbonyl (C=O) groups excluding carboxylic acids is 1. The minimum atomic E-state index is -0.195. The van der Waals surface area contributed by atoms with Crippen LogP contribution in [-0.4, -0.2) is 20.7 Å². The summed E-state index contributed by atoms with van der Waals surface area (Å²) in [4.78, 5) is 25.3. The Kier molecular flexibility index (Phi) is 2.00. The molecule has 1 aliphatic rings. The summed E-state index contributed by atoms with van der Waals surface area (Å²) < 4.78 is 0. The SMILES string of the molecule is O=C1c2c(Cl)ccnc2-c2nccc3ccnc1c23. The van der Waals surface area contributed by atoms with Crippen molar-refractivity contribution in [2.24, 2.45) is 0 Å². The first-order chi connectivity index (χ1) is 9.27. The molecule has 3 aromatic heterocycles. The molecule has 0 fully saturated rings. The van der Waals surface area contributed by atoms with Gasteiger partial charge in [-0.2, -0.15) is 0 Å². The van der Waals surface area contributed by atoms with Crippen LogP contribution in [0, 0.1) is 0 Å². The maximum atomic E-state index is 12.5. The molecule has 0 amide bonds. The molecule has 0 atom stereocenters. The summed E-state index contributed by atoms with van der Waals surface area (Å²) >= 11 is 6.12. The normalized spacial score (nSPS) is 12.6. The van der Waals surface area contributed by atoms with Crippen molar-refractivity contribution in [1.29, 1.82) is 0 Å². The first kappa shape index (κ1) is 10.6. The number of pyridine rings is 3. The third kappa shape index (κ3) is 1.29. The number of fused-ring (bicyclic) bond motifs is 2. The van der Waals surface area contributed by atoms with Gasteiger partial charge in [0.1, 0.15) is 11.4 Å². The number of aromatic nitrogens is 3. The number of carbonyl (C=O) groups is 1. The summed E-state index contributed by atoms with van der Waals surface area (Å²) in [5, 5.41) is 2.05. The molecular formula is C14H6ClN3O. The molecule has 4 rings (SSSR count). The second-order valence-corrected chi connectivity index (χ2v) is 4.67. The van der Waals surface area contributed by atoms with Gasteiger partial charge in [-0.05, 0) is 23.6 Å². The van der Waals surface area contributed by atoms with Gasteiger partial charge in [0.2, 0.25) is 5.78 Å². The largest absolute Gasteiger partial charge is 0.287 e. The molecule has 19 heavy (non-hydrogen) atoms. The Morgan fingerprint density at radius 2 is 1.47 bits per heavy atom. The van der Waals surface area contributed by atoms with Crippen LogP contribution < -0.4 is 0 Å². The first-order valence-corrected chi connectivity index (χ1v) is 6.08. The number of nitrogens with zero attached hydrogens (tertiary/aromatic N) is 3. The lowest BCUT2D eigenvalue weighted by Gasteiger charge is -2.17. The fourth-order valence-electron chi connectivity index (χ4n) is 2.43. The van der Waals surface area contributed by atoms with E-state index in [0.29, 0.717) is 27.7 Å². The number of ketones is 1. The van der Waals surface area contributed by atoms with E-state index in [1.165, 1.54) is 0 Å². The van der Waals surface area contributed by atoms with Gasteiger partial charge in [-0.25, -0.2) is 0 Å². The average molecular weight is 268 g/mol. The molecule has 0 saturated heterocycles. The highest BCUT2D eigenvalue weighted by Gasteiger charge is 2.30. The van der Waals surface area contributed by atoms with E-state index in [0.717, 1.165) is 10.8 Å². The summed E-state index contributed by atoms with van der Waals surface area (Å²) in [5.74, 6) is -0.195. The molecule has 0 N–H and O–H groups in total. The van der Waals surface area contributed by atoms with Crippen molar-refractivity contribution >= 4 is 28.2 Å². The molecular weight excluding hydrogens is 262 g/mol. The lowest BCUT2D eigenvalue weighted by atomic mass is 9.92. The molecule has 0 aromatic carbocycles. The molecule has 0 spiro atoms. The van der Waals surface area contributed by atoms with Crippen LogP contribution in [0.1, 0.15) is 16.1 Å². The zero-order chi connectivity index (χ0) is 13.0. The smallest absolute Gasteiger partial charge is 0.215 e. The standard InChI is InChI=1S/C14H6ClN3O/c15-8-3-6-17-12-10(8)14(19)13-9-7(2-5-18-13)1-4-16-11(9)12/h1-6H. The molecule has 0 radical (unpaired) electrons. The van der Waals surface area contributed by atoms with Gasteiger partial charge in [0.05, 0.1) is 16.3 Å². The van der Waals surface area contributed by atoms with Crippen LogP contribution in [0.25, 0.3) is 22.2 Å². The highest BCUT2D eigenvalue weighted by Crippen LogP contribution is 2.37. The van der Waals surface area contributed by atoms with Gasteiger partial charge < -0.3 is 0 Å². The van der Waals surface area contributed by atoms with Gasteiger partial charge in [-0.1, -0.05) is 11.6 Å². The molecule has 0 saturated carbocycles. The maximum absolute atomic E-state index is 12.5. The second kappa shape index (κ2) is 3.59. The van der Waals surface area contributed by atoms with Crippen molar-refractivity contribution < 1.29 is 4.79 Å². The van der Waals surface area contributed by atoms with E-state index in [1.807, 2.05) is 12.1 Å². The Morgan fingerprint density at radius 1 is 0.842 bits per heavy atom. The van der Waals surface area contributed by atoms with E-state index in [9.17, 15) is 4.79 Å². The van der Waals surface area contributed by atoms with Crippen molar-refractivity contribution in [3.05, 3.63) is 53.1 Å². The summed E-state index contributed by atoms with van der Waals surface area (Å²) in [6.45, 7) is 0. The van der Waals surface area contributed by atoms with Crippen LogP contribution in [0.3, 0.4) is 0 Å². The molecule has 3 heterocycles. The van der Waals surface area contributed by atoms with Gasteiger partial charge >= 0.3 is 0 Å². The van der Waals surface area contributed by atoms with Crippen LogP contribution in [-0.2, 0) is 0 Å². The lowest BCUT2D eigenvalue weighted by Crippen LogP contribution is -2.14. The summed E-state index contributed by atoms with van der Waals surface area (Å²) in [5.41, 5.74) is 1.97. The van der Waals surface area contributed by atoms with E-state index in [4.69, 9.17) is 11.6 Å². The number of rotatable bonds is 0. The maximum Gasteiger partial charge on any atom is 0.215 e. The van der Waals surface area contributed by atoms with Crippen LogP contribution in [0.2, 0.25) is 5.02 Å². The third-order valence-corrected chi connectivity index (χ3v) is 3.56. The first-order valence-electron chi connectivity index (χ1n) is 5.70. The van der Waals surface area contributed by atoms with Crippen LogP contribution in [0.15, 0.2) is 36.8 Å². The third-order valence-electron chi connectivity index (χ3n) is 3.24. The van der Waals surface area contributed by atoms with Crippen molar-refractivity contribution in [1.82, 2.24) is 15.0 Å². The molecule has 90 valence electrons. The van der Waals surface area contributed by atoms with Crippen molar-refractivity contribution in [3.8, 4) is 11.4 Å². The Labute approximate surface area is 113 Å². The molecule has 0 unspecified atom stereocenters. The van der Waals surface area contributed by atoms with Gasteiger partial charge in [0.25, 0.3) is 0 Å². The summed E-state index contributed by atoms with van der Waals surface area (Å²) in [6, 6.07) is 5.31. The second-order valence-electron chi connectivity index (χ2n) is 4.26. The van der Waals surface area contributed by atoms with Crippen LogP contribution in [0.4, 0.5) is 0 Å². The molecule has 0 bridgehead atoms. The minimum absolute atomic E-state index is 0.195. The van der Waals surface area contributed by atoms with Crippen LogP contribution in [0.5, 0.6) is 0 Å². The Morgan fingerprint density at radius 3 is 2.26 bits per heavy atom. The van der Waals surface area contributed by atoms with E-state index in [1.54, 1.807) is 24.7 Å². The number of hydrogen-bond acceptors (Lipinski definition) is 4. The van der Waals surface area contributed by atoms with Gasteiger partial charge in [0.15, 0.2) is 0 Å². The summed E-state index contributed by atoms with van der Waals surface area (Å²) in [7, 11) is 0. The fourth-order valence-corrected chi connectivity index (χ4v) is 2.66. The monoisotopic (exact) mass is 267 g/mol. The highest BCUT2D eigenvalue weighted by atomic mass is 35.5. The Hall–Kier alpha value is -2.33. The van der Waals surface area contributed by atoms with Crippen molar-refractivity contribution in [2.75, 3.05) is 0 Å². The summed E-state index contributed by atoms with van der Waals surface area (Å²) in [6.07, 6.45) is 4.90. The Bertz CT molecular complexity index is 855. The number of halogens is 1. The van der Waals surface area contributed by atoms with Gasteiger partial charge in [0, 0.05) is 24.0 Å². The molecule has 5 heteroatoms. The van der Waals surface area contributed by atoms with Crippen LogP contribution >= 0.6 is 11.6 Å². The molecule has 0 aliphatic heterocycles. The quantitative estimate of drug-likeness (QED) is 0.492. The van der Waals surface area contributed by atoms with E-state index >= 15 is 0 Å². The van der Waals surface area contributed by atoms with Crippen molar-refractivity contribution in [2.45, 2.75) is 0 Å². The number of hydrogen-bond donors (Lipinski definition) is 0. The fraction of sp³-hybridized carbons (Fsp3) is 0. The molecule has 3 aromatic rings. The minimum Gasteiger partial charge on any atom is -0.287 e. The zero-order valence-corrected chi connectivity index (χ0v) is 10.3. The molecule has 1 aliphatic carbocycles. The predicted octanol–water partition coefficient (Wildman–Crippen LogP) is 2.89. The van der Waals surface area contributed by atoms with E-state index in [2.05, 4.69) is 15.0 Å². The van der Waals surface area contributed by atoms with Crippen molar-refractivity contribution in [3.63, 3.8) is 0 Å². The van der Waals surface area contributed by atoms with Gasteiger partial charge in [-0.15, -0.1) is 0 Å². The lowest BCUT2D eigenvalue weighted by molar-refractivity contribution is 0.103. The van der Waals surface area contributed by atoms with E-state index in [-0.39, 0.29) is 5.78 Å². The Balaban J connectivity index is 2.28. The van der Waals surface area contributed by atoms with E-state index < -0.39 is 0 Å². The highest BCUT2D eigenvalue weighted by molar-refractivity contribution is 6.37. The zero-order valence-electron chi connectivity index (χ0n) is 9.59. The van der Waals surface area contributed by atoms with Gasteiger partial charge in [-0.3, -0.25) is 19.7 Å². The average Bonchev–Trinajstić information content (AvgIpc) is 2.44. The molecule has 4 nitrogen and oxygen atoms in total. The predicted molar refractivity (Wildman–Crippen MR) is 71.2 cm³/mol.